The van der Waals surface area contributed by atoms with Gasteiger partial charge in [-0.15, -0.1) is 0 Å². The number of aromatic nitrogens is 1. The third-order valence-electron chi connectivity index (χ3n) is 4.12. The fourth-order valence-corrected chi connectivity index (χ4v) is 2.90. The predicted molar refractivity (Wildman–Crippen MR) is 96.3 cm³/mol. The molecule has 24 heavy (non-hydrogen) atoms. The van der Waals surface area contributed by atoms with Crippen molar-refractivity contribution in [3.05, 3.63) is 66.4 Å². The number of ether oxygens (including phenoxy) is 1. The Morgan fingerprint density at radius 1 is 1.08 bits per heavy atom. The Kier molecular flexibility index (Phi) is 5.16. The maximum atomic E-state index is 12.1. The molecule has 0 fully saturated rings. The van der Waals surface area contributed by atoms with Gasteiger partial charge in [-0.1, -0.05) is 36.4 Å². The smallest absolute Gasteiger partial charge is 0.224 e. The van der Waals surface area contributed by atoms with Crippen molar-refractivity contribution in [1.82, 2.24) is 9.88 Å². The normalized spacial score (nSPS) is 10.7. The zero-order valence-electron chi connectivity index (χ0n) is 13.9. The summed E-state index contributed by atoms with van der Waals surface area (Å²) in [4.78, 5) is 12.1. The van der Waals surface area contributed by atoms with Crippen LogP contribution in [0.15, 0.2) is 60.8 Å². The first-order chi connectivity index (χ1) is 11.8. The molecule has 1 amide bonds. The molecule has 124 valence electrons. The number of hydrogen-bond donors (Lipinski definition) is 1. The molecule has 0 bridgehead atoms. The maximum absolute atomic E-state index is 12.1. The summed E-state index contributed by atoms with van der Waals surface area (Å²) in [5.41, 5.74) is 2.15. The van der Waals surface area contributed by atoms with Gasteiger partial charge in [0.15, 0.2) is 0 Å². The molecule has 0 unspecified atom stereocenters. The van der Waals surface area contributed by atoms with Crippen LogP contribution < -0.4 is 10.1 Å². The zero-order valence-corrected chi connectivity index (χ0v) is 13.9. The van der Waals surface area contributed by atoms with E-state index in [1.54, 1.807) is 7.11 Å². The van der Waals surface area contributed by atoms with E-state index in [1.807, 2.05) is 36.4 Å². The number of fused-ring (bicyclic) bond motifs is 1. The van der Waals surface area contributed by atoms with Crippen LogP contribution in [0, 0.1) is 0 Å². The van der Waals surface area contributed by atoms with Gasteiger partial charge in [0, 0.05) is 30.4 Å². The number of carbonyl (C=O) groups is 1. The number of nitrogens with one attached hydrogen (secondary N) is 1. The number of benzene rings is 2. The lowest BCUT2D eigenvalue weighted by molar-refractivity contribution is -0.120. The van der Waals surface area contributed by atoms with Gasteiger partial charge in [-0.05, 0) is 30.0 Å². The van der Waals surface area contributed by atoms with Crippen LogP contribution in [0.25, 0.3) is 10.9 Å². The predicted octanol–water partition coefficient (Wildman–Crippen LogP) is 3.40. The SMILES string of the molecule is COc1ccccc1CC(=O)NCCCn1ccc2ccccc21. The van der Waals surface area contributed by atoms with E-state index in [4.69, 9.17) is 4.74 Å². The van der Waals surface area contributed by atoms with Gasteiger partial charge in [-0.3, -0.25) is 4.79 Å². The molecule has 0 aliphatic carbocycles. The van der Waals surface area contributed by atoms with Crippen molar-refractivity contribution in [1.29, 1.82) is 0 Å². The fourth-order valence-electron chi connectivity index (χ4n) is 2.90. The van der Waals surface area contributed by atoms with Gasteiger partial charge in [0.2, 0.25) is 5.91 Å². The van der Waals surface area contributed by atoms with E-state index in [1.165, 1.54) is 10.9 Å². The Morgan fingerprint density at radius 2 is 1.88 bits per heavy atom. The second kappa shape index (κ2) is 7.68. The van der Waals surface area contributed by atoms with Crippen molar-refractivity contribution in [2.24, 2.45) is 0 Å². The fraction of sp³-hybridized carbons (Fsp3) is 0.250. The molecule has 1 heterocycles. The number of hydrogen-bond acceptors (Lipinski definition) is 2. The van der Waals surface area contributed by atoms with E-state index in [-0.39, 0.29) is 5.91 Å². The van der Waals surface area contributed by atoms with Gasteiger partial charge in [-0.25, -0.2) is 0 Å². The van der Waals surface area contributed by atoms with Crippen molar-refractivity contribution >= 4 is 16.8 Å². The molecule has 0 saturated carbocycles. The Balaban J connectivity index is 1.47. The van der Waals surface area contributed by atoms with Gasteiger partial charge in [0.05, 0.1) is 13.5 Å². The van der Waals surface area contributed by atoms with E-state index < -0.39 is 0 Å². The van der Waals surface area contributed by atoms with Crippen LogP contribution in [0.5, 0.6) is 5.75 Å². The van der Waals surface area contributed by atoms with Crippen LogP contribution in [0.2, 0.25) is 0 Å². The average Bonchev–Trinajstić information content (AvgIpc) is 3.02. The first kappa shape index (κ1) is 16.1. The van der Waals surface area contributed by atoms with Crippen molar-refractivity contribution < 1.29 is 9.53 Å². The van der Waals surface area contributed by atoms with E-state index in [9.17, 15) is 4.79 Å². The monoisotopic (exact) mass is 322 g/mol. The molecular weight excluding hydrogens is 300 g/mol. The molecule has 0 aliphatic heterocycles. The number of aryl methyl sites for hydroxylation is 1. The van der Waals surface area contributed by atoms with E-state index in [0.717, 1.165) is 24.3 Å². The van der Waals surface area contributed by atoms with Gasteiger partial charge in [-0.2, -0.15) is 0 Å². The van der Waals surface area contributed by atoms with Gasteiger partial charge in [0.25, 0.3) is 0 Å². The van der Waals surface area contributed by atoms with Crippen molar-refractivity contribution in [3.8, 4) is 5.75 Å². The van der Waals surface area contributed by atoms with Crippen LogP contribution in [0.1, 0.15) is 12.0 Å². The van der Waals surface area contributed by atoms with E-state index >= 15 is 0 Å². The standard InChI is InChI=1S/C20H22N2O2/c1-24-19-10-5-3-8-17(19)15-20(23)21-12-6-13-22-14-11-16-7-2-4-9-18(16)22/h2-5,7-11,14H,6,12-13,15H2,1H3,(H,21,23). The largest absolute Gasteiger partial charge is 0.496 e. The summed E-state index contributed by atoms with van der Waals surface area (Å²) in [6.07, 6.45) is 3.34. The molecule has 0 saturated heterocycles. The molecular formula is C20H22N2O2. The lowest BCUT2D eigenvalue weighted by atomic mass is 10.1. The van der Waals surface area contributed by atoms with Crippen molar-refractivity contribution in [2.45, 2.75) is 19.4 Å². The van der Waals surface area contributed by atoms with E-state index in [0.29, 0.717) is 13.0 Å². The molecule has 1 aromatic heterocycles. The average molecular weight is 322 g/mol. The van der Waals surface area contributed by atoms with Gasteiger partial charge >= 0.3 is 0 Å². The molecule has 4 nitrogen and oxygen atoms in total. The summed E-state index contributed by atoms with van der Waals surface area (Å²) < 4.78 is 7.50. The maximum Gasteiger partial charge on any atom is 0.224 e. The zero-order chi connectivity index (χ0) is 16.8. The Labute approximate surface area is 142 Å². The van der Waals surface area contributed by atoms with Crippen LogP contribution in [0.4, 0.5) is 0 Å². The second-order valence-corrected chi connectivity index (χ2v) is 5.76. The highest BCUT2D eigenvalue weighted by atomic mass is 16.5. The molecule has 4 heteroatoms. The summed E-state index contributed by atoms with van der Waals surface area (Å²) >= 11 is 0. The summed E-state index contributed by atoms with van der Waals surface area (Å²) in [5.74, 6) is 0.781. The van der Waals surface area contributed by atoms with E-state index in [2.05, 4.69) is 34.3 Å². The summed E-state index contributed by atoms with van der Waals surface area (Å²) in [6, 6.07) is 18.1. The number of rotatable bonds is 7. The van der Waals surface area contributed by atoms with Crippen molar-refractivity contribution in [3.63, 3.8) is 0 Å². The summed E-state index contributed by atoms with van der Waals surface area (Å²) in [5, 5.41) is 4.23. The van der Waals surface area contributed by atoms with Crippen LogP contribution in [0.3, 0.4) is 0 Å². The molecule has 1 N–H and O–H groups in total. The molecule has 2 aromatic carbocycles. The summed E-state index contributed by atoms with van der Waals surface area (Å²) in [6.45, 7) is 1.56. The van der Waals surface area contributed by atoms with Crippen LogP contribution >= 0.6 is 0 Å². The Bertz CT molecular complexity index is 823. The van der Waals surface area contributed by atoms with Gasteiger partial charge < -0.3 is 14.6 Å². The molecule has 0 aliphatic rings. The van der Waals surface area contributed by atoms with Gasteiger partial charge in [0.1, 0.15) is 5.75 Å². The number of nitrogens with zero attached hydrogens (tertiary/aromatic N) is 1. The minimum absolute atomic E-state index is 0.0249. The highest BCUT2D eigenvalue weighted by Crippen LogP contribution is 2.17. The lowest BCUT2D eigenvalue weighted by Gasteiger charge is -2.09. The molecule has 0 spiro atoms. The minimum Gasteiger partial charge on any atom is -0.496 e. The third kappa shape index (κ3) is 3.77. The highest BCUT2D eigenvalue weighted by Gasteiger charge is 2.07. The topological polar surface area (TPSA) is 43.3 Å². The van der Waals surface area contributed by atoms with Crippen LogP contribution in [-0.2, 0) is 17.8 Å². The number of para-hydroxylation sites is 2. The molecule has 3 rings (SSSR count). The molecule has 0 atom stereocenters. The number of amides is 1. The Hall–Kier alpha value is -2.75. The first-order valence-corrected chi connectivity index (χ1v) is 8.20. The minimum atomic E-state index is 0.0249. The number of methoxy groups -OCH3 is 1. The van der Waals surface area contributed by atoms with Crippen molar-refractivity contribution in [2.75, 3.05) is 13.7 Å². The second-order valence-electron chi connectivity index (χ2n) is 5.76. The first-order valence-electron chi connectivity index (χ1n) is 8.20. The highest BCUT2D eigenvalue weighted by molar-refractivity contribution is 5.80. The number of carbonyl (C=O) groups excluding carboxylic acids is 1. The molecule has 0 radical (unpaired) electrons. The third-order valence-corrected chi connectivity index (χ3v) is 4.12. The quantitative estimate of drug-likeness (QED) is 0.678. The lowest BCUT2D eigenvalue weighted by Crippen LogP contribution is -2.26. The molecule has 3 aromatic rings. The summed E-state index contributed by atoms with van der Waals surface area (Å²) in [7, 11) is 1.62. The Morgan fingerprint density at radius 3 is 2.75 bits per heavy atom. The van der Waals surface area contributed by atoms with Crippen LogP contribution in [-0.4, -0.2) is 24.1 Å².